The van der Waals surface area contributed by atoms with E-state index in [4.69, 9.17) is 9.47 Å². The Kier molecular flexibility index (Phi) is 7.18. The third-order valence-corrected chi connectivity index (χ3v) is 6.40. The maximum absolute atomic E-state index is 13.1. The normalized spacial score (nSPS) is 15.1. The molecule has 1 aliphatic rings. The highest BCUT2D eigenvalue weighted by Crippen LogP contribution is 2.30. The van der Waals surface area contributed by atoms with Crippen LogP contribution in [0.15, 0.2) is 47.6 Å². The molecule has 0 bridgehead atoms. The molecule has 1 aromatic heterocycles. The summed E-state index contributed by atoms with van der Waals surface area (Å²) in [5, 5.41) is 2.77. The molecule has 0 aliphatic carbocycles. The molecule has 1 fully saturated rings. The molecule has 156 valence electrons. The van der Waals surface area contributed by atoms with E-state index in [0.29, 0.717) is 31.9 Å². The van der Waals surface area contributed by atoms with Crippen molar-refractivity contribution in [1.29, 1.82) is 0 Å². The van der Waals surface area contributed by atoms with Crippen LogP contribution in [-0.2, 0) is 26.0 Å². The summed E-state index contributed by atoms with van der Waals surface area (Å²) in [6.45, 7) is 3.41. The first-order valence-electron chi connectivity index (χ1n) is 9.54. The topological polar surface area (TPSA) is 97.8 Å². The lowest BCUT2D eigenvalue weighted by molar-refractivity contribution is -0.116. The van der Waals surface area contributed by atoms with Crippen LogP contribution < -0.4 is 10.1 Å². The number of benzene rings is 1. The first-order valence-corrected chi connectivity index (χ1v) is 11.0. The number of aromatic nitrogens is 1. The Morgan fingerprint density at radius 2 is 2.07 bits per heavy atom. The zero-order chi connectivity index (χ0) is 20.7. The Hall–Kier alpha value is -2.49. The molecule has 0 radical (unpaired) electrons. The Labute approximate surface area is 170 Å². The van der Waals surface area contributed by atoms with Crippen LogP contribution in [0.2, 0.25) is 0 Å². The van der Waals surface area contributed by atoms with Crippen molar-refractivity contribution in [3.63, 3.8) is 0 Å². The number of carbonyl (C=O) groups excluding carboxylic acids is 1. The molecule has 0 spiro atoms. The molecular weight excluding hydrogens is 394 g/mol. The number of sulfonamides is 1. The van der Waals surface area contributed by atoms with Crippen LogP contribution in [0.4, 0.5) is 5.69 Å². The fourth-order valence-corrected chi connectivity index (χ4v) is 4.58. The summed E-state index contributed by atoms with van der Waals surface area (Å²) in [6.07, 6.45) is 4.22. The van der Waals surface area contributed by atoms with Crippen LogP contribution in [0.5, 0.6) is 5.75 Å². The van der Waals surface area contributed by atoms with E-state index in [-0.39, 0.29) is 36.1 Å². The van der Waals surface area contributed by atoms with Gasteiger partial charge >= 0.3 is 0 Å². The monoisotopic (exact) mass is 419 g/mol. The predicted molar refractivity (Wildman–Crippen MR) is 108 cm³/mol. The van der Waals surface area contributed by atoms with E-state index in [2.05, 4.69) is 10.3 Å². The summed E-state index contributed by atoms with van der Waals surface area (Å²) in [6, 6.07) is 8.41. The largest absolute Gasteiger partial charge is 0.492 e. The number of aryl methyl sites for hydroxylation is 1. The zero-order valence-electron chi connectivity index (χ0n) is 16.3. The number of amides is 1. The van der Waals surface area contributed by atoms with Crippen LogP contribution in [0.1, 0.15) is 18.9 Å². The smallest absolute Gasteiger partial charge is 0.246 e. The van der Waals surface area contributed by atoms with Crippen LogP contribution in [-0.4, -0.2) is 56.5 Å². The average Bonchev–Trinajstić information content (AvgIpc) is 2.75. The number of pyridine rings is 1. The molecular formula is C20H25N3O5S. The number of ether oxygens (including phenoxy) is 2. The molecule has 1 aliphatic heterocycles. The molecule has 1 amide bonds. The van der Waals surface area contributed by atoms with E-state index in [1.165, 1.54) is 10.4 Å². The van der Waals surface area contributed by atoms with Gasteiger partial charge in [0.1, 0.15) is 10.6 Å². The Balaban J connectivity index is 1.76. The predicted octanol–water partition coefficient (Wildman–Crippen LogP) is 2.07. The van der Waals surface area contributed by atoms with Crippen LogP contribution in [0.25, 0.3) is 0 Å². The number of morpholine rings is 1. The third kappa shape index (κ3) is 5.53. The van der Waals surface area contributed by atoms with E-state index < -0.39 is 10.0 Å². The number of nitrogens with one attached hydrogen (secondary N) is 1. The van der Waals surface area contributed by atoms with Crippen molar-refractivity contribution in [1.82, 2.24) is 9.29 Å². The second kappa shape index (κ2) is 9.82. The number of rotatable bonds is 8. The van der Waals surface area contributed by atoms with Crippen molar-refractivity contribution in [3.8, 4) is 5.75 Å². The summed E-state index contributed by atoms with van der Waals surface area (Å²) in [5.41, 5.74) is 1.38. The number of hydrogen-bond acceptors (Lipinski definition) is 6. The standard InChI is InChI=1S/C20H25N3O5S/c1-2-28-18-7-6-17(22-20(24)8-5-16-4-3-9-21-15-16)14-19(18)29(25,26)23-10-12-27-13-11-23/h3-4,6-7,9,14-15H,2,5,8,10-13H2,1H3,(H,22,24). The minimum Gasteiger partial charge on any atom is -0.492 e. The molecule has 0 unspecified atom stereocenters. The lowest BCUT2D eigenvalue weighted by atomic mass is 10.1. The van der Waals surface area contributed by atoms with Gasteiger partial charge in [0, 0.05) is 37.6 Å². The molecule has 29 heavy (non-hydrogen) atoms. The van der Waals surface area contributed by atoms with E-state index in [1.54, 1.807) is 31.5 Å². The number of carbonyl (C=O) groups is 1. The molecule has 0 saturated carbocycles. The first kappa shape index (κ1) is 21.2. The molecule has 1 N–H and O–H groups in total. The summed E-state index contributed by atoms with van der Waals surface area (Å²) >= 11 is 0. The van der Waals surface area contributed by atoms with Crippen molar-refractivity contribution < 1.29 is 22.7 Å². The number of nitrogens with zero attached hydrogens (tertiary/aromatic N) is 2. The Morgan fingerprint density at radius 3 is 2.76 bits per heavy atom. The van der Waals surface area contributed by atoms with Gasteiger partial charge in [0.25, 0.3) is 0 Å². The summed E-state index contributed by atoms with van der Waals surface area (Å²) in [4.78, 5) is 16.4. The average molecular weight is 420 g/mol. The highest BCUT2D eigenvalue weighted by molar-refractivity contribution is 7.89. The number of hydrogen-bond donors (Lipinski definition) is 1. The van der Waals surface area contributed by atoms with Crippen LogP contribution >= 0.6 is 0 Å². The zero-order valence-corrected chi connectivity index (χ0v) is 17.2. The number of anilines is 1. The van der Waals surface area contributed by atoms with Crippen molar-refractivity contribution in [3.05, 3.63) is 48.3 Å². The fraction of sp³-hybridized carbons (Fsp3) is 0.400. The lowest BCUT2D eigenvalue weighted by Gasteiger charge is -2.27. The maximum atomic E-state index is 13.1. The van der Waals surface area contributed by atoms with E-state index in [9.17, 15) is 13.2 Å². The minimum absolute atomic E-state index is 0.0475. The van der Waals surface area contributed by atoms with E-state index in [1.807, 2.05) is 12.1 Å². The van der Waals surface area contributed by atoms with E-state index >= 15 is 0 Å². The first-order chi connectivity index (χ1) is 14.0. The van der Waals surface area contributed by atoms with Crippen molar-refractivity contribution in [2.45, 2.75) is 24.7 Å². The van der Waals surface area contributed by atoms with Crippen molar-refractivity contribution in [2.24, 2.45) is 0 Å². The molecule has 2 aromatic rings. The van der Waals surface area contributed by atoms with Gasteiger partial charge in [0.2, 0.25) is 15.9 Å². The van der Waals surface area contributed by atoms with Gasteiger partial charge in [-0.2, -0.15) is 4.31 Å². The molecule has 1 saturated heterocycles. The second-order valence-corrected chi connectivity index (χ2v) is 8.43. The SMILES string of the molecule is CCOc1ccc(NC(=O)CCc2cccnc2)cc1S(=O)(=O)N1CCOCC1. The highest BCUT2D eigenvalue weighted by atomic mass is 32.2. The lowest BCUT2D eigenvalue weighted by Crippen LogP contribution is -2.40. The molecule has 3 rings (SSSR count). The van der Waals surface area contributed by atoms with Gasteiger partial charge in [-0.25, -0.2) is 8.42 Å². The van der Waals surface area contributed by atoms with Gasteiger partial charge < -0.3 is 14.8 Å². The van der Waals surface area contributed by atoms with Crippen molar-refractivity contribution >= 4 is 21.6 Å². The van der Waals surface area contributed by atoms with Gasteiger partial charge in [-0.05, 0) is 43.2 Å². The van der Waals surface area contributed by atoms with Gasteiger partial charge in [0.15, 0.2) is 0 Å². The quantitative estimate of drug-likeness (QED) is 0.703. The summed E-state index contributed by atoms with van der Waals surface area (Å²) in [7, 11) is -3.76. The fourth-order valence-electron chi connectivity index (χ4n) is 3.02. The van der Waals surface area contributed by atoms with E-state index in [0.717, 1.165) is 5.56 Å². The maximum Gasteiger partial charge on any atom is 0.246 e. The molecule has 0 atom stereocenters. The molecule has 1 aromatic carbocycles. The summed E-state index contributed by atoms with van der Waals surface area (Å²) in [5.74, 6) is 0.0695. The minimum atomic E-state index is -3.76. The molecule has 2 heterocycles. The molecule has 8 nitrogen and oxygen atoms in total. The second-order valence-electron chi connectivity index (χ2n) is 6.52. The van der Waals surface area contributed by atoms with Gasteiger partial charge in [-0.15, -0.1) is 0 Å². The third-order valence-electron chi connectivity index (χ3n) is 4.48. The Bertz CT molecular complexity index is 928. The van der Waals surface area contributed by atoms with Gasteiger partial charge in [-0.3, -0.25) is 9.78 Å². The van der Waals surface area contributed by atoms with Crippen LogP contribution in [0, 0.1) is 0 Å². The van der Waals surface area contributed by atoms with Gasteiger partial charge in [0.05, 0.1) is 19.8 Å². The van der Waals surface area contributed by atoms with Gasteiger partial charge in [-0.1, -0.05) is 6.07 Å². The highest BCUT2D eigenvalue weighted by Gasteiger charge is 2.29. The van der Waals surface area contributed by atoms with Crippen LogP contribution in [0.3, 0.4) is 0 Å². The Morgan fingerprint density at radius 1 is 1.28 bits per heavy atom. The summed E-state index contributed by atoms with van der Waals surface area (Å²) < 4.78 is 38.4. The molecule has 9 heteroatoms. The van der Waals surface area contributed by atoms with Crippen molar-refractivity contribution in [2.75, 3.05) is 38.2 Å².